The number of benzene rings is 3. The third-order valence-electron chi connectivity index (χ3n) is 4.03. The van der Waals surface area contributed by atoms with Crippen LogP contribution in [0.5, 0.6) is 11.5 Å². The number of anilines is 2. The van der Waals surface area contributed by atoms with Crippen molar-refractivity contribution >= 4 is 23.3 Å². The van der Waals surface area contributed by atoms with Crippen molar-refractivity contribution in [1.82, 2.24) is 0 Å². The van der Waals surface area contributed by atoms with E-state index in [1.807, 2.05) is 60.7 Å². The minimum absolute atomic E-state index is 0.0488. The van der Waals surface area contributed by atoms with Crippen LogP contribution in [0.15, 0.2) is 77.9 Å². The van der Waals surface area contributed by atoms with Crippen LogP contribution in [0.4, 0.5) is 17.1 Å². The molecule has 1 aliphatic rings. The van der Waals surface area contributed by atoms with Gasteiger partial charge in [-0.05, 0) is 30.3 Å². The van der Waals surface area contributed by atoms with Gasteiger partial charge in [0.25, 0.3) is 5.69 Å². The molecule has 0 unspecified atom stereocenters. The van der Waals surface area contributed by atoms with E-state index in [9.17, 15) is 10.1 Å². The zero-order valence-corrected chi connectivity index (χ0v) is 14.2. The molecule has 0 aliphatic carbocycles. The minimum atomic E-state index is -0.460. The van der Waals surface area contributed by atoms with E-state index in [2.05, 4.69) is 5.10 Å². The molecule has 27 heavy (non-hydrogen) atoms. The van der Waals surface area contributed by atoms with Crippen molar-refractivity contribution in [2.75, 3.05) is 11.8 Å². The summed E-state index contributed by atoms with van der Waals surface area (Å²) in [5.41, 5.74) is 1.91. The molecule has 3 aromatic rings. The number of ether oxygens (including phenoxy) is 2. The number of rotatable bonds is 5. The van der Waals surface area contributed by atoms with Gasteiger partial charge in [0.2, 0.25) is 6.79 Å². The number of fused-ring (bicyclic) bond motifs is 1. The highest BCUT2D eigenvalue weighted by Crippen LogP contribution is 2.37. The predicted octanol–water partition coefficient (Wildman–Crippen LogP) is 4.50. The molecule has 0 aromatic heterocycles. The highest BCUT2D eigenvalue weighted by atomic mass is 16.7. The van der Waals surface area contributed by atoms with Gasteiger partial charge in [-0.15, -0.1) is 0 Å². The largest absolute Gasteiger partial charge is 0.454 e. The normalized spacial score (nSPS) is 12.3. The molecule has 0 spiro atoms. The quantitative estimate of drug-likeness (QED) is 0.380. The maximum absolute atomic E-state index is 11.4. The molecule has 0 amide bonds. The summed E-state index contributed by atoms with van der Waals surface area (Å²) in [6.07, 6.45) is 1.46. The third kappa shape index (κ3) is 3.43. The first-order chi connectivity index (χ1) is 13.2. The lowest BCUT2D eigenvalue weighted by molar-refractivity contribution is -0.385. The number of hydrazone groups is 1. The van der Waals surface area contributed by atoms with E-state index in [-0.39, 0.29) is 12.5 Å². The second kappa shape index (κ2) is 7.17. The van der Waals surface area contributed by atoms with E-state index in [0.717, 1.165) is 11.4 Å². The van der Waals surface area contributed by atoms with Crippen molar-refractivity contribution in [2.45, 2.75) is 0 Å². The first-order valence-corrected chi connectivity index (χ1v) is 8.24. The topological polar surface area (TPSA) is 77.2 Å². The van der Waals surface area contributed by atoms with E-state index in [1.54, 1.807) is 11.1 Å². The summed E-state index contributed by atoms with van der Waals surface area (Å²) >= 11 is 0. The van der Waals surface area contributed by atoms with Crippen LogP contribution in [0.2, 0.25) is 0 Å². The van der Waals surface area contributed by atoms with Gasteiger partial charge >= 0.3 is 0 Å². The highest BCUT2D eigenvalue weighted by molar-refractivity contribution is 5.88. The van der Waals surface area contributed by atoms with Gasteiger partial charge in [0, 0.05) is 0 Å². The summed E-state index contributed by atoms with van der Waals surface area (Å²) in [6.45, 7) is 0.0488. The van der Waals surface area contributed by atoms with E-state index >= 15 is 0 Å². The number of nitro groups is 1. The molecule has 7 nitrogen and oxygen atoms in total. The van der Waals surface area contributed by atoms with E-state index in [4.69, 9.17) is 9.47 Å². The van der Waals surface area contributed by atoms with Crippen LogP contribution in [0.1, 0.15) is 5.56 Å². The maximum Gasteiger partial charge on any atom is 0.282 e. The summed E-state index contributed by atoms with van der Waals surface area (Å²) in [4.78, 5) is 11.0. The summed E-state index contributed by atoms with van der Waals surface area (Å²) in [5, 5.41) is 17.7. The van der Waals surface area contributed by atoms with Crippen LogP contribution in [0.3, 0.4) is 0 Å². The monoisotopic (exact) mass is 361 g/mol. The first-order valence-electron chi connectivity index (χ1n) is 8.24. The Morgan fingerprint density at radius 2 is 1.48 bits per heavy atom. The van der Waals surface area contributed by atoms with E-state index < -0.39 is 4.92 Å². The van der Waals surface area contributed by atoms with Gasteiger partial charge in [0.1, 0.15) is 0 Å². The van der Waals surface area contributed by atoms with Crippen LogP contribution in [0.25, 0.3) is 0 Å². The van der Waals surface area contributed by atoms with Crippen LogP contribution in [-0.4, -0.2) is 17.9 Å². The standard InChI is InChI=1S/C20H15N3O4/c24-23(25)18-12-20-19(26-14-27-20)11-15(18)13-21-22(16-7-3-1-4-8-16)17-9-5-2-6-10-17/h1-13H,14H2/b21-13-. The number of hydrogen-bond donors (Lipinski definition) is 0. The molecule has 0 radical (unpaired) electrons. The molecule has 0 saturated carbocycles. The summed E-state index contributed by atoms with van der Waals surface area (Å²) in [7, 11) is 0. The van der Waals surface area contributed by atoms with Crippen LogP contribution in [0, 0.1) is 10.1 Å². The highest BCUT2D eigenvalue weighted by Gasteiger charge is 2.22. The Morgan fingerprint density at radius 3 is 2.04 bits per heavy atom. The van der Waals surface area contributed by atoms with Crippen LogP contribution in [-0.2, 0) is 0 Å². The molecule has 1 heterocycles. The van der Waals surface area contributed by atoms with Gasteiger partial charge < -0.3 is 9.47 Å². The number of hydrogen-bond acceptors (Lipinski definition) is 6. The van der Waals surface area contributed by atoms with E-state index in [1.165, 1.54) is 12.3 Å². The predicted molar refractivity (Wildman–Crippen MR) is 102 cm³/mol. The van der Waals surface area contributed by atoms with Crippen molar-refractivity contribution in [3.05, 3.63) is 88.5 Å². The Morgan fingerprint density at radius 1 is 0.926 bits per heavy atom. The Kier molecular flexibility index (Phi) is 4.40. The average Bonchev–Trinajstić information content (AvgIpc) is 3.16. The number of nitrogens with zero attached hydrogens (tertiary/aromatic N) is 3. The summed E-state index contributed by atoms with van der Waals surface area (Å²) in [6, 6.07) is 22.0. The minimum Gasteiger partial charge on any atom is -0.454 e. The lowest BCUT2D eigenvalue weighted by atomic mass is 10.1. The summed E-state index contributed by atoms with van der Waals surface area (Å²) < 4.78 is 10.6. The molecule has 0 atom stereocenters. The molecule has 0 bridgehead atoms. The zero-order chi connectivity index (χ0) is 18.6. The third-order valence-corrected chi connectivity index (χ3v) is 4.03. The molecule has 4 rings (SSSR count). The van der Waals surface area contributed by atoms with Crippen LogP contribution < -0.4 is 14.5 Å². The van der Waals surface area contributed by atoms with Gasteiger partial charge in [-0.25, -0.2) is 5.01 Å². The fourth-order valence-electron chi connectivity index (χ4n) is 2.75. The van der Waals surface area contributed by atoms with Crippen LogP contribution >= 0.6 is 0 Å². The van der Waals surface area contributed by atoms with Gasteiger partial charge in [0.15, 0.2) is 11.5 Å². The Labute approximate surface area is 155 Å². The molecule has 0 N–H and O–H groups in total. The smallest absolute Gasteiger partial charge is 0.282 e. The van der Waals surface area contributed by atoms with Crippen molar-refractivity contribution in [3.8, 4) is 11.5 Å². The fourth-order valence-corrected chi connectivity index (χ4v) is 2.75. The van der Waals surface area contributed by atoms with Crippen molar-refractivity contribution in [3.63, 3.8) is 0 Å². The first kappa shape index (κ1) is 16.6. The SMILES string of the molecule is O=[N+]([O-])c1cc2c(cc1/C=N\N(c1ccccc1)c1ccccc1)OCO2. The second-order valence-electron chi connectivity index (χ2n) is 5.75. The number of nitro benzene ring substituents is 1. The molecule has 1 aliphatic heterocycles. The summed E-state index contributed by atoms with van der Waals surface area (Å²) in [5.74, 6) is 0.829. The number of para-hydroxylation sites is 2. The Bertz CT molecular complexity index is 951. The van der Waals surface area contributed by atoms with Gasteiger partial charge in [0.05, 0.1) is 34.1 Å². The molecule has 7 heteroatoms. The van der Waals surface area contributed by atoms with Crippen molar-refractivity contribution < 1.29 is 14.4 Å². The lowest BCUT2D eigenvalue weighted by Crippen LogP contribution is -2.09. The Balaban J connectivity index is 1.76. The molecule has 134 valence electrons. The van der Waals surface area contributed by atoms with Crippen molar-refractivity contribution in [2.24, 2.45) is 5.10 Å². The fraction of sp³-hybridized carbons (Fsp3) is 0.0500. The maximum atomic E-state index is 11.4. The average molecular weight is 361 g/mol. The van der Waals surface area contributed by atoms with E-state index in [0.29, 0.717) is 17.1 Å². The van der Waals surface area contributed by atoms with Crippen molar-refractivity contribution in [1.29, 1.82) is 0 Å². The van der Waals surface area contributed by atoms with Gasteiger partial charge in [-0.2, -0.15) is 5.10 Å². The Hall–Kier alpha value is -3.87. The zero-order valence-electron chi connectivity index (χ0n) is 14.2. The molecule has 3 aromatic carbocycles. The van der Waals surface area contributed by atoms with Gasteiger partial charge in [-0.1, -0.05) is 36.4 Å². The molecular weight excluding hydrogens is 346 g/mol. The molecular formula is C20H15N3O4. The lowest BCUT2D eigenvalue weighted by Gasteiger charge is -2.19. The molecule has 0 saturated heterocycles. The second-order valence-corrected chi connectivity index (χ2v) is 5.75. The van der Waals surface area contributed by atoms with Gasteiger partial charge in [-0.3, -0.25) is 10.1 Å². The molecule has 0 fully saturated rings.